The van der Waals surface area contributed by atoms with Crippen LogP contribution in [-0.2, 0) is 0 Å². The molecule has 0 saturated heterocycles. The van der Waals surface area contributed by atoms with Crippen LogP contribution in [0.5, 0.6) is 5.75 Å². The van der Waals surface area contributed by atoms with Crippen LogP contribution in [0.1, 0.15) is 25.0 Å². The number of hydrazone groups is 2. The molecule has 10 nitrogen and oxygen atoms in total. The summed E-state index contributed by atoms with van der Waals surface area (Å²) in [7, 11) is 1.61. The van der Waals surface area contributed by atoms with E-state index in [1.807, 2.05) is 86.6 Å². The first-order chi connectivity index (χ1) is 17.9. The van der Waals surface area contributed by atoms with Gasteiger partial charge in [0.1, 0.15) is 11.6 Å². The molecule has 0 saturated carbocycles. The lowest BCUT2D eigenvalue weighted by atomic mass is 10.1. The minimum atomic E-state index is 0.253. The minimum absolute atomic E-state index is 0.253. The minimum Gasteiger partial charge on any atom is -0.495 e. The van der Waals surface area contributed by atoms with Gasteiger partial charge < -0.3 is 21.5 Å². The molecule has 0 spiro atoms. The number of benzene rings is 3. The van der Waals surface area contributed by atoms with Crippen molar-refractivity contribution in [3.8, 4) is 5.75 Å². The first-order valence-electron chi connectivity index (χ1n) is 11.5. The van der Waals surface area contributed by atoms with E-state index >= 15 is 0 Å². The van der Waals surface area contributed by atoms with E-state index in [-0.39, 0.29) is 5.95 Å². The third-order valence-electron chi connectivity index (χ3n) is 5.46. The molecule has 4 aromatic rings. The fraction of sp³-hybridized carbons (Fsp3) is 0.111. The van der Waals surface area contributed by atoms with Crippen LogP contribution in [0.15, 0.2) is 89.1 Å². The van der Waals surface area contributed by atoms with E-state index in [0.717, 1.165) is 16.8 Å². The van der Waals surface area contributed by atoms with Crippen molar-refractivity contribution >= 4 is 46.1 Å². The van der Waals surface area contributed by atoms with Gasteiger partial charge in [-0.2, -0.15) is 20.2 Å². The van der Waals surface area contributed by atoms with Gasteiger partial charge in [-0.15, -0.1) is 0 Å². The number of nitrogens with one attached hydrogen (secondary N) is 3. The number of nitrogens with zero attached hydrogens (tertiary/aromatic N) is 4. The summed E-state index contributed by atoms with van der Waals surface area (Å²) in [6, 6.07) is 24.3. The number of rotatable bonds is 9. The molecule has 0 atom stereocenters. The molecule has 0 radical (unpaired) electrons. The molecule has 0 aliphatic heterocycles. The Bertz CT molecular complexity index is 1370. The van der Waals surface area contributed by atoms with Crippen molar-refractivity contribution in [1.29, 1.82) is 0 Å². The molecule has 1 aromatic heterocycles. The molecular formula is C27H29N9O. The van der Waals surface area contributed by atoms with Crippen molar-refractivity contribution in [1.82, 2.24) is 9.97 Å². The molecule has 3 aromatic carbocycles. The Morgan fingerprint density at radius 1 is 0.730 bits per heavy atom. The first kappa shape index (κ1) is 25.0. The zero-order chi connectivity index (χ0) is 26.2. The van der Waals surface area contributed by atoms with Crippen molar-refractivity contribution in [3.63, 3.8) is 0 Å². The van der Waals surface area contributed by atoms with E-state index in [9.17, 15) is 0 Å². The van der Waals surface area contributed by atoms with E-state index in [4.69, 9.17) is 16.2 Å². The molecule has 0 fully saturated rings. The van der Waals surface area contributed by atoms with Gasteiger partial charge in [-0.05, 0) is 38.1 Å². The maximum Gasteiger partial charge on any atom is 0.247 e. The number of para-hydroxylation sites is 4. The standard InChI is InChI=1S/C27H29N9O/c1-17(19-10-4-6-12-21(19)28)33-35-26-16-25(30-23-14-8-9-15-24(23)37-3)31-27(32-26)36-34-18(2)20-11-5-7-13-22(20)29/h4-16H,28-29H2,1-3H3,(H3,30,31,32,35,36). The molecule has 0 unspecified atom stereocenters. The van der Waals surface area contributed by atoms with Gasteiger partial charge in [0.05, 0.1) is 24.2 Å². The zero-order valence-corrected chi connectivity index (χ0v) is 20.9. The van der Waals surface area contributed by atoms with Gasteiger partial charge in [-0.25, -0.2) is 5.43 Å². The normalized spacial score (nSPS) is 11.6. The third kappa shape index (κ3) is 6.31. The summed E-state index contributed by atoms with van der Waals surface area (Å²) >= 11 is 0. The summed E-state index contributed by atoms with van der Waals surface area (Å²) in [6.45, 7) is 3.72. The topological polar surface area (TPSA) is 148 Å². The summed E-state index contributed by atoms with van der Waals surface area (Å²) in [5, 5.41) is 12.2. The maximum atomic E-state index is 6.09. The molecule has 4 rings (SSSR count). The number of hydrogen-bond donors (Lipinski definition) is 5. The molecule has 0 aliphatic carbocycles. The zero-order valence-electron chi connectivity index (χ0n) is 20.9. The van der Waals surface area contributed by atoms with Gasteiger partial charge in [-0.3, -0.25) is 5.43 Å². The van der Waals surface area contributed by atoms with Crippen molar-refractivity contribution in [2.75, 3.05) is 34.7 Å². The lowest BCUT2D eigenvalue weighted by Gasteiger charge is -2.13. The Morgan fingerprint density at radius 3 is 1.89 bits per heavy atom. The SMILES string of the molecule is COc1ccccc1Nc1cc(NN=C(C)c2ccccc2N)nc(NN=C(C)c2ccccc2N)n1. The predicted molar refractivity (Wildman–Crippen MR) is 152 cm³/mol. The second-order valence-corrected chi connectivity index (χ2v) is 8.08. The molecule has 0 bridgehead atoms. The largest absolute Gasteiger partial charge is 0.495 e. The van der Waals surface area contributed by atoms with Gasteiger partial charge in [-0.1, -0.05) is 48.5 Å². The summed E-state index contributed by atoms with van der Waals surface area (Å²) in [5.74, 6) is 1.87. The molecule has 188 valence electrons. The Morgan fingerprint density at radius 2 is 1.27 bits per heavy atom. The Kier molecular flexibility index (Phi) is 7.79. The third-order valence-corrected chi connectivity index (χ3v) is 5.46. The van der Waals surface area contributed by atoms with Gasteiger partial charge in [0.15, 0.2) is 5.82 Å². The second kappa shape index (κ2) is 11.5. The first-order valence-corrected chi connectivity index (χ1v) is 11.5. The number of ether oxygens (including phenoxy) is 1. The molecule has 0 aliphatic rings. The average Bonchev–Trinajstić information content (AvgIpc) is 2.91. The van der Waals surface area contributed by atoms with Crippen molar-refractivity contribution in [2.45, 2.75) is 13.8 Å². The van der Waals surface area contributed by atoms with Gasteiger partial charge in [0.25, 0.3) is 0 Å². The van der Waals surface area contributed by atoms with Crippen molar-refractivity contribution < 1.29 is 4.74 Å². The van der Waals surface area contributed by atoms with Crippen molar-refractivity contribution in [3.05, 3.63) is 90.0 Å². The molecule has 37 heavy (non-hydrogen) atoms. The van der Waals surface area contributed by atoms with Crippen LogP contribution in [0.4, 0.5) is 34.6 Å². The number of aromatic nitrogens is 2. The molecule has 1 heterocycles. The number of hydrogen-bond acceptors (Lipinski definition) is 10. The molecule has 0 amide bonds. The highest BCUT2D eigenvalue weighted by Crippen LogP contribution is 2.27. The van der Waals surface area contributed by atoms with E-state index < -0.39 is 0 Å². The van der Waals surface area contributed by atoms with Gasteiger partial charge in [0.2, 0.25) is 5.95 Å². The lowest BCUT2D eigenvalue weighted by Crippen LogP contribution is -2.08. The van der Waals surface area contributed by atoms with Crippen LogP contribution in [0.2, 0.25) is 0 Å². The lowest BCUT2D eigenvalue weighted by molar-refractivity contribution is 0.417. The molecule has 7 N–H and O–H groups in total. The number of nitrogens with two attached hydrogens (primary N) is 2. The van der Waals surface area contributed by atoms with Crippen LogP contribution in [0.3, 0.4) is 0 Å². The van der Waals surface area contributed by atoms with Crippen LogP contribution in [0, 0.1) is 0 Å². The monoisotopic (exact) mass is 495 g/mol. The fourth-order valence-electron chi connectivity index (χ4n) is 3.55. The van der Waals surface area contributed by atoms with E-state index in [1.54, 1.807) is 13.2 Å². The highest BCUT2D eigenvalue weighted by molar-refractivity contribution is 6.04. The fourth-order valence-corrected chi connectivity index (χ4v) is 3.55. The number of nitrogen functional groups attached to an aromatic ring is 2. The predicted octanol–water partition coefficient (Wildman–Crippen LogP) is 5.07. The summed E-state index contributed by atoms with van der Waals surface area (Å²) in [4.78, 5) is 9.07. The second-order valence-electron chi connectivity index (χ2n) is 8.08. The maximum absolute atomic E-state index is 6.09. The summed E-state index contributed by atoms with van der Waals surface area (Å²) in [6.07, 6.45) is 0. The quantitative estimate of drug-likeness (QED) is 0.123. The van der Waals surface area contributed by atoms with E-state index in [2.05, 4.69) is 36.3 Å². The van der Waals surface area contributed by atoms with Gasteiger partial charge >= 0.3 is 0 Å². The Hall–Kier alpha value is -5.12. The highest BCUT2D eigenvalue weighted by atomic mass is 16.5. The number of anilines is 6. The van der Waals surface area contributed by atoms with E-state index in [0.29, 0.717) is 40.2 Å². The Balaban J connectivity index is 1.65. The van der Waals surface area contributed by atoms with E-state index in [1.165, 1.54) is 0 Å². The summed E-state index contributed by atoms with van der Waals surface area (Å²) in [5.41, 5.74) is 23.1. The van der Waals surface area contributed by atoms with Crippen LogP contribution < -0.4 is 32.4 Å². The smallest absolute Gasteiger partial charge is 0.247 e. The molecular weight excluding hydrogens is 466 g/mol. The Labute approximate surface area is 215 Å². The van der Waals surface area contributed by atoms with Crippen LogP contribution >= 0.6 is 0 Å². The van der Waals surface area contributed by atoms with Crippen LogP contribution in [-0.4, -0.2) is 28.5 Å². The van der Waals surface area contributed by atoms with Crippen LogP contribution in [0.25, 0.3) is 0 Å². The van der Waals surface area contributed by atoms with Crippen molar-refractivity contribution in [2.24, 2.45) is 10.2 Å². The average molecular weight is 496 g/mol. The summed E-state index contributed by atoms with van der Waals surface area (Å²) < 4.78 is 5.45. The van der Waals surface area contributed by atoms with Gasteiger partial charge in [0, 0.05) is 28.6 Å². The highest BCUT2D eigenvalue weighted by Gasteiger charge is 2.09. The number of methoxy groups -OCH3 is 1. The molecule has 10 heteroatoms.